The van der Waals surface area contributed by atoms with E-state index in [-0.39, 0.29) is 31.6 Å². The van der Waals surface area contributed by atoms with Gasteiger partial charge in [-0.05, 0) is 26.3 Å². The van der Waals surface area contributed by atoms with Crippen molar-refractivity contribution in [3.63, 3.8) is 0 Å². The second-order valence-electron chi connectivity index (χ2n) is 3.29. The molecule has 0 rings (SSSR count). The fraction of sp³-hybridized carbons (Fsp3) is 0.727. The van der Waals surface area contributed by atoms with Gasteiger partial charge in [-0.1, -0.05) is 0 Å². The molecule has 0 aromatic carbocycles. The Morgan fingerprint density at radius 3 is 2.11 bits per heavy atom. The number of hydrogen-bond donors (Lipinski definition) is 0. The van der Waals surface area contributed by atoms with Crippen molar-refractivity contribution >= 4 is 13.6 Å². The molecule has 5 nitrogen and oxygen atoms in total. The van der Waals surface area contributed by atoms with Gasteiger partial charge in [0.15, 0.2) is 0 Å². The molecule has 0 saturated carbocycles. The minimum atomic E-state index is -3.38. The van der Waals surface area contributed by atoms with E-state index in [0.29, 0.717) is 0 Å². The largest absolute Gasteiger partial charge is 0.463 e. The second-order valence-corrected chi connectivity index (χ2v) is 5.35. The quantitative estimate of drug-likeness (QED) is 0.369. The lowest BCUT2D eigenvalue weighted by Crippen LogP contribution is -2.07. The highest BCUT2D eigenvalue weighted by atomic mass is 31.2. The Balaban J connectivity index is 4.75. The van der Waals surface area contributed by atoms with Gasteiger partial charge < -0.3 is 13.8 Å². The van der Waals surface area contributed by atoms with E-state index in [0.717, 1.165) is 6.08 Å². The average molecular weight is 282 g/mol. The third-order valence-electron chi connectivity index (χ3n) is 1.83. The molecule has 0 aliphatic carbocycles. The summed E-state index contributed by atoms with van der Waals surface area (Å²) in [4.78, 5) is 11.2. The topological polar surface area (TPSA) is 61.8 Å². The first kappa shape index (κ1) is 17.3. The van der Waals surface area contributed by atoms with E-state index >= 15 is 0 Å². The molecule has 0 aliphatic rings. The molecule has 0 bridgehead atoms. The number of esters is 1. The van der Waals surface area contributed by atoms with Crippen LogP contribution >= 0.6 is 7.60 Å². The molecule has 0 saturated heterocycles. The second kappa shape index (κ2) is 9.25. The van der Waals surface area contributed by atoms with Gasteiger partial charge in [-0.15, -0.1) is 0 Å². The van der Waals surface area contributed by atoms with Gasteiger partial charge in [0.2, 0.25) is 0 Å². The maximum absolute atomic E-state index is 12.8. The van der Waals surface area contributed by atoms with Crippen LogP contribution in [0.4, 0.5) is 4.39 Å². The van der Waals surface area contributed by atoms with Crippen LogP contribution in [0.15, 0.2) is 11.6 Å². The van der Waals surface area contributed by atoms with Crippen molar-refractivity contribution in [1.29, 1.82) is 0 Å². The number of allylic oxidation sites excluding steroid dienone is 1. The summed E-state index contributed by atoms with van der Waals surface area (Å²) in [6.45, 7) is 4.65. The van der Waals surface area contributed by atoms with Gasteiger partial charge in [0.05, 0.1) is 26.0 Å². The smallest absolute Gasteiger partial charge is 0.334 e. The van der Waals surface area contributed by atoms with Crippen LogP contribution in [-0.2, 0) is 23.1 Å². The zero-order chi connectivity index (χ0) is 14.0. The van der Waals surface area contributed by atoms with E-state index in [2.05, 4.69) is 4.74 Å². The van der Waals surface area contributed by atoms with Crippen LogP contribution in [0, 0.1) is 0 Å². The fourth-order valence-electron chi connectivity index (χ4n) is 1.25. The molecule has 0 radical (unpaired) electrons. The summed E-state index contributed by atoms with van der Waals surface area (Å²) in [5.74, 6) is -0.662. The van der Waals surface area contributed by atoms with E-state index in [1.54, 1.807) is 20.8 Å². The van der Waals surface area contributed by atoms with Crippen LogP contribution in [0.3, 0.4) is 0 Å². The van der Waals surface area contributed by atoms with Crippen molar-refractivity contribution in [3.05, 3.63) is 11.6 Å². The van der Waals surface area contributed by atoms with Crippen molar-refractivity contribution < 1.29 is 27.5 Å². The van der Waals surface area contributed by atoms with Crippen molar-refractivity contribution in [1.82, 2.24) is 0 Å². The fourth-order valence-corrected chi connectivity index (χ4v) is 2.96. The molecule has 0 heterocycles. The maximum Gasteiger partial charge on any atom is 0.334 e. The molecule has 0 unspecified atom stereocenters. The molecule has 0 aliphatic heterocycles. The number of halogens is 1. The van der Waals surface area contributed by atoms with Gasteiger partial charge in [-0.2, -0.15) is 0 Å². The van der Waals surface area contributed by atoms with E-state index < -0.39 is 20.2 Å². The zero-order valence-corrected chi connectivity index (χ0v) is 11.9. The van der Waals surface area contributed by atoms with E-state index in [1.807, 2.05) is 0 Å². The maximum atomic E-state index is 12.8. The van der Waals surface area contributed by atoms with Gasteiger partial charge in [0.25, 0.3) is 0 Å². The molecule has 0 aromatic rings. The minimum absolute atomic E-state index is 0.0404. The van der Waals surface area contributed by atoms with Gasteiger partial charge in [-0.25, -0.2) is 9.18 Å². The standard InChI is InChI=1S/C11H20FO5P/c1-4-15-11(13)7-10(8-12)9-18(14,16-5-2)17-6-3/h7H,4-6,8-9H2,1-3H3/b10-7+. The zero-order valence-electron chi connectivity index (χ0n) is 11.0. The SMILES string of the molecule is CCOC(=O)/C=C(\CF)CP(=O)(OCC)OCC. The summed E-state index contributed by atoms with van der Waals surface area (Å²) in [5, 5.41) is 0. The van der Waals surface area contributed by atoms with Crippen LogP contribution in [0.5, 0.6) is 0 Å². The Bertz CT molecular complexity index is 319. The highest BCUT2D eigenvalue weighted by molar-refractivity contribution is 7.54. The molecule has 0 N–H and O–H groups in total. The molecular formula is C11H20FO5P. The van der Waals surface area contributed by atoms with E-state index in [4.69, 9.17) is 9.05 Å². The third-order valence-corrected chi connectivity index (χ3v) is 3.93. The molecule has 0 spiro atoms. The highest BCUT2D eigenvalue weighted by Crippen LogP contribution is 2.49. The van der Waals surface area contributed by atoms with Crippen molar-refractivity contribution in [2.45, 2.75) is 20.8 Å². The molecular weight excluding hydrogens is 262 g/mol. The lowest BCUT2D eigenvalue weighted by molar-refractivity contribution is -0.137. The normalized spacial score (nSPS) is 12.6. The molecule has 7 heteroatoms. The Morgan fingerprint density at radius 1 is 1.17 bits per heavy atom. The summed E-state index contributed by atoms with van der Waals surface area (Å²) < 4.78 is 39.6. The number of rotatable bonds is 9. The Hall–Kier alpha value is -0.710. The summed E-state index contributed by atoms with van der Waals surface area (Å²) >= 11 is 0. The van der Waals surface area contributed by atoms with Crippen LogP contribution in [-0.4, -0.2) is 38.6 Å². The first-order valence-corrected chi connectivity index (χ1v) is 7.54. The predicted octanol–water partition coefficient (Wildman–Crippen LogP) is 2.71. The average Bonchev–Trinajstić information content (AvgIpc) is 2.28. The van der Waals surface area contributed by atoms with Crippen molar-refractivity contribution in [2.24, 2.45) is 0 Å². The molecule has 0 atom stereocenters. The predicted molar refractivity (Wildman–Crippen MR) is 66.4 cm³/mol. The van der Waals surface area contributed by atoms with Crippen LogP contribution in [0.1, 0.15) is 20.8 Å². The van der Waals surface area contributed by atoms with E-state index in [9.17, 15) is 13.8 Å². The highest BCUT2D eigenvalue weighted by Gasteiger charge is 2.25. The number of hydrogen-bond acceptors (Lipinski definition) is 5. The van der Waals surface area contributed by atoms with Crippen molar-refractivity contribution in [3.8, 4) is 0 Å². The van der Waals surface area contributed by atoms with Gasteiger partial charge >= 0.3 is 13.6 Å². The Kier molecular flexibility index (Phi) is 8.89. The van der Waals surface area contributed by atoms with Crippen LogP contribution < -0.4 is 0 Å². The van der Waals surface area contributed by atoms with Crippen LogP contribution in [0.25, 0.3) is 0 Å². The minimum Gasteiger partial charge on any atom is -0.463 e. The van der Waals surface area contributed by atoms with E-state index in [1.165, 1.54) is 0 Å². The number of carbonyl (C=O) groups excluding carboxylic acids is 1. The summed E-state index contributed by atoms with van der Waals surface area (Å²) in [6.07, 6.45) is 0.748. The van der Waals surface area contributed by atoms with Gasteiger partial charge in [0.1, 0.15) is 6.67 Å². The first-order chi connectivity index (χ1) is 8.51. The molecule has 0 amide bonds. The number of carbonyl (C=O) groups is 1. The summed E-state index contributed by atoms with van der Waals surface area (Å²) in [7, 11) is -3.38. The first-order valence-electron chi connectivity index (χ1n) is 5.81. The van der Waals surface area contributed by atoms with Crippen LogP contribution in [0.2, 0.25) is 0 Å². The lowest BCUT2D eigenvalue weighted by atomic mass is 10.3. The third kappa shape index (κ3) is 6.89. The lowest BCUT2D eigenvalue weighted by Gasteiger charge is -2.17. The Morgan fingerprint density at radius 2 is 1.72 bits per heavy atom. The summed E-state index contributed by atoms with van der Waals surface area (Å²) in [6, 6.07) is 0. The Labute approximate surface area is 107 Å². The molecule has 0 fully saturated rings. The molecule has 18 heavy (non-hydrogen) atoms. The summed E-state index contributed by atoms with van der Waals surface area (Å²) in [5.41, 5.74) is 0.0404. The van der Waals surface area contributed by atoms with Crippen molar-refractivity contribution in [2.75, 3.05) is 32.7 Å². The van der Waals surface area contributed by atoms with Gasteiger partial charge in [-0.3, -0.25) is 4.57 Å². The number of ether oxygens (including phenoxy) is 1. The number of alkyl halides is 1. The monoisotopic (exact) mass is 282 g/mol. The van der Waals surface area contributed by atoms with Gasteiger partial charge in [0, 0.05) is 6.08 Å². The molecule has 0 aromatic heterocycles. The molecule has 106 valence electrons.